The number of aromatic nitrogens is 1. The molecule has 2 aliphatic rings. The van der Waals surface area contributed by atoms with Crippen LogP contribution in [0, 0.1) is 11.3 Å². The molecule has 2 aromatic carbocycles. The average molecular weight is 408 g/mol. The molecule has 0 spiro atoms. The van der Waals surface area contributed by atoms with E-state index in [2.05, 4.69) is 66.6 Å². The number of hydrogen-bond acceptors (Lipinski definition) is 4. The van der Waals surface area contributed by atoms with E-state index in [1.54, 1.807) is 11.3 Å². The molecule has 1 N–H and O–H groups in total. The van der Waals surface area contributed by atoms with Crippen molar-refractivity contribution in [2.75, 3.05) is 16.8 Å². The highest BCUT2D eigenvalue weighted by molar-refractivity contribution is 7.22. The maximum atomic E-state index is 6.12. The highest BCUT2D eigenvalue weighted by Gasteiger charge is 2.43. The van der Waals surface area contributed by atoms with Gasteiger partial charge in [0.15, 0.2) is 5.13 Å². The minimum Gasteiger partial charge on any atom is -0.343 e. The van der Waals surface area contributed by atoms with E-state index in [1.807, 2.05) is 18.2 Å². The molecule has 1 aliphatic carbocycles. The molecule has 142 valence electrons. The second-order valence-corrected chi connectivity index (χ2v) is 9.62. The van der Waals surface area contributed by atoms with Crippen molar-refractivity contribution < 1.29 is 0 Å². The van der Waals surface area contributed by atoms with Crippen molar-refractivity contribution in [2.45, 2.75) is 20.3 Å². The minimum absolute atomic E-state index is 0.246. The van der Waals surface area contributed by atoms with Crippen molar-refractivity contribution >= 4 is 49.7 Å². The lowest BCUT2D eigenvalue weighted by Crippen LogP contribution is -2.23. The summed E-state index contributed by atoms with van der Waals surface area (Å²) < 4.78 is 1.13. The highest BCUT2D eigenvalue weighted by Crippen LogP contribution is 2.49. The number of hydrogen-bond donors (Lipinski definition) is 1. The molecule has 0 radical (unpaired) electrons. The van der Waals surface area contributed by atoms with E-state index in [4.69, 9.17) is 16.6 Å². The maximum absolute atomic E-state index is 6.12. The zero-order valence-electron chi connectivity index (χ0n) is 15.9. The van der Waals surface area contributed by atoms with Crippen molar-refractivity contribution in [3.63, 3.8) is 0 Å². The normalized spacial score (nSPS) is 20.3. The van der Waals surface area contributed by atoms with E-state index < -0.39 is 0 Å². The van der Waals surface area contributed by atoms with E-state index >= 15 is 0 Å². The quantitative estimate of drug-likeness (QED) is 0.506. The summed E-state index contributed by atoms with van der Waals surface area (Å²) in [7, 11) is 0. The topological polar surface area (TPSA) is 28.2 Å². The Balaban J connectivity index is 1.52. The first-order valence-corrected chi connectivity index (χ1v) is 10.8. The minimum atomic E-state index is 0.246. The molecule has 1 fully saturated rings. The molecule has 0 amide bonds. The van der Waals surface area contributed by atoms with Gasteiger partial charge in [-0.25, -0.2) is 4.98 Å². The smallest absolute Gasteiger partial charge is 0.188 e. The van der Waals surface area contributed by atoms with Crippen LogP contribution < -0.4 is 10.2 Å². The molecule has 0 saturated carbocycles. The molecule has 5 rings (SSSR count). The van der Waals surface area contributed by atoms with Crippen LogP contribution in [0.1, 0.15) is 20.3 Å². The van der Waals surface area contributed by atoms with Gasteiger partial charge in [-0.3, -0.25) is 0 Å². The maximum Gasteiger partial charge on any atom is 0.188 e. The average Bonchev–Trinajstić information content (AvgIpc) is 3.20. The van der Waals surface area contributed by atoms with Crippen LogP contribution in [0.3, 0.4) is 0 Å². The molecule has 0 bridgehead atoms. The lowest BCUT2D eigenvalue weighted by atomic mass is 9.77. The van der Waals surface area contributed by atoms with Gasteiger partial charge >= 0.3 is 0 Å². The van der Waals surface area contributed by atoms with Gasteiger partial charge in [0.05, 0.1) is 21.6 Å². The predicted octanol–water partition coefficient (Wildman–Crippen LogP) is 7.00. The first-order valence-electron chi connectivity index (χ1n) is 9.58. The summed E-state index contributed by atoms with van der Waals surface area (Å²) in [5, 5.41) is 5.16. The fourth-order valence-electron chi connectivity index (χ4n) is 4.33. The molecule has 3 nitrogen and oxygen atoms in total. The summed E-state index contributed by atoms with van der Waals surface area (Å²) in [4.78, 5) is 7.20. The van der Waals surface area contributed by atoms with Crippen LogP contribution in [-0.4, -0.2) is 11.5 Å². The standard InChI is InChI=1S/C23H22ClN3S/c1-23(2)14-27(19-9-5-3-7-16(19)23)20-10-6-4-8-17(20)25-22-26-18-13-15(24)11-12-21(18)28-22/h3-6,8-13,16H,7,14H2,1-2H3,(H,25,26). The zero-order chi connectivity index (χ0) is 19.3. The number of halogens is 1. The zero-order valence-corrected chi connectivity index (χ0v) is 17.5. The number of thiazole rings is 1. The third kappa shape index (κ3) is 3.01. The molecule has 28 heavy (non-hydrogen) atoms. The Morgan fingerprint density at radius 2 is 2.07 bits per heavy atom. The summed E-state index contributed by atoms with van der Waals surface area (Å²) in [6, 6.07) is 14.4. The van der Waals surface area contributed by atoms with Crippen LogP contribution in [0.5, 0.6) is 0 Å². The molecular formula is C23H22ClN3S. The Bertz CT molecular complexity index is 1110. The van der Waals surface area contributed by atoms with Gasteiger partial charge in [-0.2, -0.15) is 0 Å². The lowest BCUT2D eigenvalue weighted by Gasteiger charge is -2.26. The van der Waals surface area contributed by atoms with Crippen molar-refractivity contribution in [3.05, 3.63) is 71.4 Å². The molecule has 1 aromatic heterocycles. The van der Waals surface area contributed by atoms with Gasteiger partial charge in [-0.15, -0.1) is 0 Å². The van der Waals surface area contributed by atoms with Gasteiger partial charge in [0.2, 0.25) is 0 Å². The molecule has 2 heterocycles. The third-order valence-corrected chi connectivity index (χ3v) is 6.93. The number of rotatable bonds is 3. The molecule has 1 saturated heterocycles. The van der Waals surface area contributed by atoms with Crippen LogP contribution in [0.2, 0.25) is 5.02 Å². The number of nitrogens with one attached hydrogen (secondary N) is 1. The van der Waals surface area contributed by atoms with Crippen molar-refractivity contribution in [3.8, 4) is 0 Å². The first kappa shape index (κ1) is 17.8. The summed E-state index contributed by atoms with van der Waals surface area (Å²) in [6.07, 6.45) is 7.87. The number of para-hydroxylation sites is 2. The third-order valence-electron chi connectivity index (χ3n) is 5.74. The van der Waals surface area contributed by atoms with E-state index in [1.165, 1.54) is 11.4 Å². The Morgan fingerprint density at radius 1 is 1.21 bits per heavy atom. The van der Waals surface area contributed by atoms with E-state index in [-0.39, 0.29) is 5.41 Å². The Labute approximate surface area is 174 Å². The summed E-state index contributed by atoms with van der Waals surface area (Å²) in [5.41, 5.74) is 4.88. The van der Waals surface area contributed by atoms with Gasteiger partial charge in [0.1, 0.15) is 0 Å². The van der Waals surface area contributed by atoms with Crippen LogP contribution in [0.25, 0.3) is 10.2 Å². The number of benzene rings is 2. The van der Waals surface area contributed by atoms with E-state index in [0.29, 0.717) is 10.9 Å². The molecule has 3 aromatic rings. The Morgan fingerprint density at radius 3 is 2.96 bits per heavy atom. The van der Waals surface area contributed by atoms with E-state index in [9.17, 15) is 0 Å². The van der Waals surface area contributed by atoms with Gasteiger partial charge in [-0.1, -0.05) is 61.1 Å². The Hall–Kier alpha value is -2.30. The fourth-order valence-corrected chi connectivity index (χ4v) is 5.36. The molecule has 1 unspecified atom stereocenters. The summed E-state index contributed by atoms with van der Waals surface area (Å²) >= 11 is 7.77. The van der Waals surface area contributed by atoms with Gasteiger partial charge < -0.3 is 10.2 Å². The van der Waals surface area contributed by atoms with E-state index in [0.717, 1.165) is 34.0 Å². The number of fused-ring (bicyclic) bond motifs is 2. The first-order chi connectivity index (χ1) is 13.5. The van der Waals surface area contributed by atoms with Crippen LogP contribution in [0.15, 0.2) is 66.4 Å². The molecule has 1 atom stereocenters. The Kier molecular flexibility index (Phi) is 4.22. The van der Waals surface area contributed by atoms with Crippen LogP contribution >= 0.6 is 22.9 Å². The monoisotopic (exact) mass is 407 g/mol. The summed E-state index contributed by atoms with van der Waals surface area (Å²) in [6.45, 7) is 5.76. The van der Waals surface area contributed by atoms with Crippen LogP contribution in [0.4, 0.5) is 16.5 Å². The molecule has 1 aliphatic heterocycles. The largest absolute Gasteiger partial charge is 0.343 e. The van der Waals surface area contributed by atoms with Gasteiger partial charge in [0.25, 0.3) is 0 Å². The lowest BCUT2D eigenvalue weighted by molar-refractivity contribution is 0.306. The number of allylic oxidation sites excluding steroid dienone is 4. The fraction of sp³-hybridized carbons (Fsp3) is 0.261. The second-order valence-electron chi connectivity index (χ2n) is 8.16. The molecule has 5 heteroatoms. The van der Waals surface area contributed by atoms with Crippen molar-refractivity contribution in [1.82, 2.24) is 4.98 Å². The van der Waals surface area contributed by atoms with Gasteiger partial charge in [0, 0.05) is 23.2 Å². The highest BCUT2D eigenvalue weighted by atomic mass is 35.5. The summed E-state index contributed by atoms with van der Waals surface area (Å²) in [5.74, 6) is 0.565. The second kappa shape index (κ2) is 6.64. The number of anilines is 3. The van der Waals surface area contributed by atoms with Gasteiger partial charge in [-0.05, 0) is 48.2 Å². The SMILES string of the molecule is CC1(C)CN(c2ccccc2Nc2nc3cc(Cl)ccc3s2)C2=CC=CCC21. The predicted molar refractivity (Wildman–Crippen MR) is 121 cm³/mol. The van der Waals surface area contributed by atoms with Crippen molar-refractivity contribution in [1.29, 1.82) is 0 Å². The van der Waals surface area contributed by atoms with Crippen molar-refractivity contribution in [2.24, 2.45) is 11.3 Å². The molecular weight excluding hydrogens is 386 g/mol. The number of nitrogens with zero attached hydrogens (tertiary/aromatic N) is 2. The van der Waals surface area contributed by atoms with Crippen LogP contribution in [-0.2, 0) is 0 Å².